The smallest absolute Gasteiger partial charge is 0.161 e. The SMILES string of the molecule is CC(=O)c1cc(N(CCO)CCO)ccc1N. The molecular formula is C12H18N2O3. The van der Waals surface area contributed by atoms with Crippen LogP contribution in [-0.4, -0.2) is 42.3 Å². The molecule has 5 nitrogen and oxygen atoms in total. The Morgan fingerprint density at radius 2 is 1.88 bits per heavy atom. The molecule has 0 unspecified atom stereocenters. The Morgan fingerprint density at radius 3 is 2.35 bits per heavy atom. The van der Waals surface area contributed by atoms with Crippen LogP contribution in [0.15, 0.2) is 18.2 Å². The monoisotopic (exact) mass is 238 g/mol. The van der Waals surface area contributed by atoms with E-state index in [2.05, 4.69) is 0 Å². The Balaban J connectivity index is 3.03. The molecular weight excluding hydrogens is 220 g/mol. The Bertz CT molecular complexity index is 387. The summed E-state index contributed by atoms with van der Waals surface area (Å²) in [6.07, 6.45) is 0. The first-order valence-corrected chi connectivity index (χ1v) is 5.47. The number of hydrogen-bond donors (Lipinski definition) is 3. The molecule has 1 aromatic rings. The van der Waals surface area contributed by atoms with Gasteiger partial charge in [-0.1, -0.05) is 0 Å². The third-order valence-electron chi connectivity index (χ3n) is 2.52. The van der Waals surface area contributed by atoms with E-state index < -0.39 is 0 Å². The van der Waals surface area contributed by atoms with Crippen molar-refractivity contribution in [3.05, 3.63) is 23.8 Å². The van der Waals surface area contributed by atoms with Crippen molar-refractivity contribution in [2.75, 3.05) is 36.9 Å². The van der Waals surface area contributed by atoms with E-state index in [0.717, 1.165) is 5.69 Å². The average molecular weight is 238 g/mol. The first-order valence-electron chi connectivity index (χ1n) is 5.47. The van der Waals surface area contributed by atoms with Crippen molar-refractivity contribution in [3.63, 3.8) is 0 Å². The third-order valence-corrected chi connectivity index (χ3v) is 2.52. The van der Waals surface area contributed by atoms with Crippen LogP contribution < -0.4 is 10.6 Å². The van der Waals surface area contributed by atoms with Crippen molar-refractivity contribution in [3.8, 4) is 0 Å². The average Bonchev–Trinajstić information content (AvgIpc) is 2.29. The molecule has 0 atom stereocenters. The number of rotatable bonds is 6. The van der Waals surface area contributed by atoms with Crippen molar-refractivity contribution in [2.45, 2.75) is 6.92 Å². The van der Waals surface area contributed by atoms with E-state index in [4.69, 9.17) is 15.9 Å². The first-order chi connectivity index (χ1) is 8.10. The van der Waals surface area contributed by atoms with Gasteiger partial charge in [0.15, 0.2) is 5.78 Å². The van der Waals surface area contributed by atoms with E-state index in [0.29, 0.717) is 24.3 Å². The molecule has 0 aromatic heterocycles. The first kappa shape index (κ1) is 13.5. The lowest BCUT2D eigenvalue weighted by Gasteiger charge is -2.23. The highest BCUT2D eigenvalue weighted by molar-refractivity contribution is 6.00. The van der Waals surface area contributed by atoms with Crippen molar-refractivity contribution in [1.29, 1.82) is 0 Å². The molecule has 0 aliphatic carbocycles. The van der Waals surface area contributed by atoms with Gasteiger partial charge in [-0.15, -0.1) is 0 Å². The minimum atomic E-state index is -0.0997. The lowest BCUT2D eigenvalue weighted by atomic mass is 10.1. The maximum Gasteiger partial charge on any atom is 0.161 e. The molecule has 0 fully saturated rings. The lowest BCUT2D eigenvalue weighted by Crippen LogP contribution is -2.29. The van der Waals surface area contributed by atoms with Crippen LogP contribution >= 0.6 is 0 Å². The van der Waals surface area contributed by atoms with Crippen molar-refractivity contribution in [2.24, 2.45) is 0 Å². The maximum atomic E-state index is 11.4. The van der Waals surface area contributed by atoms with E-state index in [9.17, 15) is 4.79 Å². The van der Waals surface area contributed by atoms with Crippen molar-refractivity contribution in [1.82, 2.24) is 0 Å². The Hall–Kier alpha value is -1.59. The zero-order valence-electron chi connectivity index (χ0n) is 9.89. The van der Waals surface area contributed by atoms with Gasteiger partial charge < -0.3 is 20.8 Å². The van der Waals surface area contributed by atoms with E-state index in [1.807, 2.05) is 0 Å². The molecule has 0 radical (unpaired) electrons. The molecule has 0 saturated heterocycles. The molecule has 0 aliphatic heterocycles. The summed E-state index contributed by atoms with van der Waals surface area (Å²) in [5.41, 5.74) is 7.37. The molecule has 1 aromatic carbocycles. The summed E-state index contributed by atoms with van der Waals surface area (Å²) >= 11 is 0. The molecule has 4 N–H and O–H groups in total. The van der Waals surface area contributed by atoms with Gasteiger partial charge in [0.2, 0.25) is 0 Å². The van der Waals surface area contributed by atoms with Crippen molar-refractivity contribution < 1.29 is 15.0 Å². The van der Waals surface area contributed by atoms with Crippen LogP contribution in [0.2, 0.25) is 0 Å². The second-order valence-electron chi connectivity index (χ2n) is 3.76. The second-order valence-corrected chi connectivity index (χ2v) is 3.76. The predicted molar refractivity (Wildman–Crippen MR) is 67.2 cm³/mol. The third kappa shape index (κ3) is 3.44. The summed E-state index contributed by atoms with van der Waals surface area (Å²) in [5, 5.41) is 17.9. The molecule has 0 saturated carbocycles. The van der Waals surface area contributed by atoms with E-state index >= 15 is 0 Å². The molecule has 0 bridgehead atoms. The van der Waals surface area contributed by atoms with Crippen LogP contribution in [0.4, 0.5) is 11.4 Å². The number of anilines is 2. The topological polar surface area (TPSA) is 86.8 Å². The maximum absolute atomic E-state index is 11.4. The predicted octanol–water partition coefficient (Wildman–Crippen LogP) is 0.262. The standard InChI is InChI=1S/C12H18N2O3/c1-9(17)11-8-10(2-3-12(11)13)14(4-6-15)5-7-16/h2-3,8,15-16H,4-7,13H2,1H3. The minimum absolute atomic E-state index is 0.0141. The fourth-order valence-electron chi connectivity index (χ4n) is 1.66. The number of ketones is 1. The van der Waals surface area contributed by atoms with Gasteiger partial charge in [-0.3, -0.25) is 4.79 Å². The highest BCUT2D eigenvalue weighted by Crippen LogP contribution is 2.21. The van der Waals surface area contributed by atoms with Crippen LogP contribution in [0.1, 0.15) is 17.3 Å². The molecule has 0 aliphatic rings. The van der Waals surface area contributed by atoms with Crippen LogP contribution in [0.3, 0.4) is 0 Å². The van der Waals surface area contributed by atoms with Crippen LogP contribution in [0, 0.1) is 0 Å². The number of aliphatic hydroxyl groups excluding tert-OH is 2. The number of aliphatic hydroxyl groups is 2. The highest BCUT2D eigenvalue weighted by atomic mass is 16.3. The fourth-order valence-corrected chi connectivity index (χ4v) is 1.66. The number of carbonyl (C=O) groups excluding carboxylic acids is 1. The summed E-state index contributed by atoms with van der Waals surface area (Å²) in [4.78, 5) is 13.2. The Morgan fingerprint density at radius 1 is 1.29 bits per heavy atom. The summed E-state index contributed by atoms with van der Waals surface area (Å²) in [6.45, 7) is 2.24. The molecule has 0 amide bonds. The summed E-state index contributed by atoms with van der Waals surface area (Å²) in [6, 6.07) is 5.11. The molecule has 17 heavy (non-hydrogen) atoms. The van der Waals surface area contributed by atoms with Gasteiger partial charge in [-0.25, -0.2) is 0 Å². The van der Waals surface area contributed by atoms with Gasteiger partial charge in [-0.2, -0.15) is 0 Å². The van der Waals surface area contributed by atoms with Gasteiger partial charge in [0.25, 0.3) is 0 Å². The number of benzene rings is 1. The normalized spacial score (nSPS) is 10.3. The van der Waals surface area contributed by atoms with Gasteiger partial charge >= 0.3 is 0 Å². The van der Waals surface area contributed by atoms with Gasteiger partial charge in [0.05, 0.1) is 13.2 Å². The second kappa shape index (κ2) is 6.22. The zero-order valence-corrected chi connectivity index (χ0v) is 9.89. The molecule has 1 rings (SSSR count). The van der Waals surface area contributed by atoms with Gasteiger partial charge in [-0.05, 0) is 25.1 Å². The summed E-state index contributed by atoms with van der Waals surface area (Å²) in [7, 11) is 0. The number of nitrogen functional groups attached to an aromatic ring is 1. The number of Topliss-reactive ketones (excluding diaryl/α,β-unsaturated/α-hetero) is 1. The molecule has 0 heterocycles. The number of nitrogens with two attached hydrogens (primary N) is 1. The van der Waals surface area contributed by atoms with Crippen LogP contribution in [0.5, 0.6) is 0 Å². The van der Waals surface area contributed by atoms with E-state index in [1.165, 1.54) is 6.92 Å². The fraction of sp³-hybridized carbons (Fsp3) is 0.417. The van der Waals surface area contributed by atoms with E-state index in [1.54, 1.807) is 23.1 Å². The van der Waals surface area contributed by atoms with Crippen LogP contribution in [0.25, 0.3) is 0 Å². The number of hydrogen-bond acceptors (Lipinski definition) is 5. The molecule has 0 spiro atoms. The van der Waals surface area contributed by atoms with Gasteiger partial charge in [0.1, 0.15) is 0 Å². The largest absolute Gasteiger partial charge is 0.398 e. The van der Waals surface area contributed by atoms with Gasteiger partial charge in [0, 0.05) is 30.0 Å². The summed E-state index contributed by atoms with van der Waals surface area (Å²) in [5.74, 6) is -0.0997. The lowest BCUT2D eigenvalue weighted by molar-refractivity contribution is 0.101. The molecule has 5 heteroatoms. The zero-order chi connectivity index (χ0) is 12.8. The highest BCUT2D eigenvalue weighted by Gasteiger charge is 2.10. The number of nitrogens with zero attached hydrogens (tertiary/aromatic N) is 1. The Kier molecular flexibility index (Phi) is 4.93. The van der Waals surface area contributed by atoms with Crippen molar-refractivity contribution >= 4 is 17.2 Å². The quantitative estimate of drug-likeness (QED) is 0.489. The molecule has 94 valence electrons. The van der Waals surface area contributed by atoms with E-state index in [-0.39, 0.29) is 19.0 Å². The summed E-state index contributed by atoms with van der Waals surface area (Å²) < 4.78 is 0. The van der Waals surface area contributed by atoms with Crippen LogP contribution in [-0.2, 0) is 0 Å². The Labute approximate surface area is 100 Å². The minimum Gasteiger partial charge on any atom is -0.398 e. The number of carbonyl (C=O) groups is 1.